The lowest BCUT2D eigenvalue weighted by atomic mass is 10.00. The highest BCUT2D eigenvalue weighted by Gasteiger charge is 2.32. The Bertz CT molecular complexity index is 1450. The van der Waals surface area contributed by atoms with Crippen molar-refractivity contribution in [3.63, 3.8) is 0 Å². The Morgan fingerprint density at radius 1 is 0.864 bits per heavy atom. The van der Waals surface area contributed by atoms with Crippen LogP contribution in [0, 0.1) is 5.92 Å². The van der Waals surface area contributed by atoms with Crippen molar-refractivity contribution in [1.82, 2.24) is 20.9 Å². The number of rotatable bonds is 16. The zero-order chi connectivity index (χ0) is 32.2. The van der Waals surface area contributed by atoms with Gasteiger partial charge in [0.05, 0.1) is 6.04 Å². The molecule has 3 aromatic rings. The molecule has 0 aliphatic rings. The first-order valence-corrected chi connectivity index (χ1v) is 14.5. The summed E-state index contributed by atoms with van der Waals surface area (Å²) in [5.41, 5.74) is 19.4. The van der Waals surface area contributed by atoms with Crippen molar-refractivity contribution in [2.75, 3.05) is 6.54 Å². The van der Waals surface area contributed by atoms with Gasteiger partial charge in [-0.05, 0) is 42.4 Å². The summed E-state index contributed by atoms with van der Waals surface area (Å²) in [5, 5.41) is 18.8. The van der Waals surface area contributed by atoms with Crippen LogP contribution in [-0.4, -0.2) is 70.5 Å². The number of carbonyl (C=O) groups excluding carboxylic acids is 3. The molecule has 2 aromatic carbocycles. The number of aliphatic imine (C=N–C) groups is 1. The van der Waals surface area contributed by atoms with E-state index in [2.05, 4.69) is 25.9 Å². The fourth-order valence-corrected chi connectivity index (χ4v) is 4.78. The van der Waals surface area contributed by atoms with Gasteiger partial charge in [-0.1, -0.05) is 62.4 Å². The van der Waals surface area contributed by atoms with E-state index in [1.165, 1.54) is 0 Å². The zero-order valence-corrected chi connectivity index (χ0v) is 25.0. The maximum atomic E-state index is 13.5. The van der Waals surface area contributed by atoms with Crippen molar-refractivity contribution in [3.8, 4) is 0 Å². The molecule has 1 heterocycles. The van der Waals surface area contributed by atoms with Crippen molar-refractivity contribution >= 4 is 40.6 Å². The van der Waals surface area contributed by atoms with Crippen molar-refractivity contribution < 1.29 is 24.3 Å². The van der Waals surface area contributed by atoms with Gasteiger partial charge in [-0.2, -0.15) is 0 Å². The quantitative estimate of drug-likeness (QED) is 0.0649. The average molecular weight is 607 g/mol. The summed E-state index contributed by atoms with van der Waals surface area (Å²) in [6.45, 7) is 3.70. The summed E-state index contributed by atoms with van der Waals surface area (Å²) in [7, 11) is 0. The third-order valence-electron chi connectivity index (χ3n) is 7.17. The van der Waals surface area contributed by atoms with Crippen molar-refractivity contribution in [2.45, 2.75) is 63.7 Å². The van der Waals surface area contributed by atoms with E-state index in [4.69, 9.17) is 17.2 Å². The molecule has 11 N–H and O–H groups in total. The first-order chi connectivity index (χ1) is 21.0. The molecule has 0 aliphatic heterocycles. The summed E-state index contributed by atoms with van der Waals surface area (Å²) in [6, 6.07) is 12.4. The molecule has 4 atom stereocenters. The van der Waals surface area contributed by atoms with Crippen LogP contribution in [-0.2, 0) is 32.0 Å². The van der Waals surface area contributed by atoms with Gasteiger partial charge in [-0.15, -0.1) is 0 Å². The highest BCUT2D eigenvalue weighted by molar-refractivity contribution is 5.94. The molecule has 0 bridgehead atoms. The molecule has 0 spiro atoms. The molecule has 44 heavy (non-hydrogen) atoms. The summed E-state index contributed by atoms with van der Waals surface area (Å²) >= 11 is 0. The second kappa shape index (κ2) is 16.1. The normalized spacial score (nSPS) is 13.8. The molecule has 0 fully saturated rings. The van der Waals surface area contributed by atoms with Crippen LogP contribution in [0.4, 0.5) is 0 Å². The lowest BCUT2D eigenvalue weighted by Crippen LogP contribution is -2.58. The van der Waals surface area contributed by atoms with Crippen LogP contribution in [0.5, 0.6) is 0 Å². The minimum atomic E-state index is -1.27. The first kappa shape index (κ1) is 33.6. The third-order valence-corrected chi connectivity index (χ3v) is 7.17. The van der Waals surface area contributed by atoms with Gasteiger partial charge in [0.15, 0.2) is 5.96 Å². The van der Waals surface area contributed by atoms with Gasteiger partial charge in [-0.25, -0.2) is 4.79 Å². The first-order valence-electron chi connectivity index (χ1n) is 14.5. The zero-order valence-electron chi connectivity index (χ0n) is 25.0. The van der Waals surface area contributed by atoms with E-state index in [9.17, 15) is 24.3 Å². The number of benzene rings is 2. The number of H-pyrrole nitrogens is 1. The fraction of sp³-hybridized carbons (Fsp3) is 0.387. The molecule has 1 aromatic heterocycles. The number of carbonyl (C=O) groups is 4. The van der Waals surface area contributed by atoms with E-state index in [0.29, 0.717) is 6.42 Å². The second-order valence-electron chi connectivity index (χ2n) is 11.0. The second-order valence-corrected chi connectivity index (χ2v) is 11.0. The molecule has 4 unspecified atom stereocenters. The third kappa shape index (κ3) is 9.83. The highest BCUT2D eigenvalue weighted by atomic mass is 16.4. The minimum Gasteiger partial charge on any atom is -0.480 e. The number of nitrogens with zero attached hydrogens (tertiary/aromatic N) is 1. The summed E-state index contributed by atoms with van der Waals surface area (Å²) in [6.07, 6.45) is 2.43. The predicted molar refractivity (Wildman–Crippen MR) is 168 cm³/mol. The Kier molecular flexibility index (Phi) is 12.3. The number of nitrogens with two attached hydrogens (primary N) is 3. The predicted octanol–water partition coefficient (Wildman–Crippen LogP) is 0.529. The summed E-state index contributed by atoms with van der Waals surface area (Å²) in [5.74, 6) is -3.50. The van der Waals surface area contributed by atoms with Gasteiger partial charge >= 0.3 is 5.97 Å². The SMILES string of the molecule is CC(C)C(NC(=O)C(N)Cc1ccccc1)C(=O)NC(CCCN=C(N)N)C(=O)NC(Cc1c[nH]c2ccccc12)C(=O)O. The standard InChI is InChI=1S/C31H42N8O5/c1-18(2)26(39-27(40)22(32)15-19-9-4-3-5-10-19)29(42)37-24(13-8-14-35-31(33)34)28(41)38-25(30(43)44)16-20-17-36-23-12-7-6-11-21(20)23/h3-7,9-12,17-18,22,24-26,36H,8,13-16,32H2,1-2H3,(H,37,42)(H,38,41)(H,39,40)(H,43,44)(H4,33,34,35). The van der Waals surface area contributed by atoms with E-state index >= 15 is 0 Å². The number of carboxylic acid groups (broad SMARTS) is 1. The van der Waals surface area contributed by atoms with Crippen molar-refractivity contribution in [3.05, 3.63) is 71.9 Å². The van der Waals surface area contributed by atoms with Crippen molar-refractivity contribution in [2.24, 2.45) is 28.1 Å². The molecule has 0 saturated heterocycles. The number of fused-ring (bicyclic) bond motifs is 1. The number of para-hydroxylation sites is 1. The largest absolute Gasteiger partial charge is 0.480 e. The van der Waals surface area contributed by atoms with Crippen LogP contribution in [0.2, 0.25) is 0 Å². The Morgan fingerprint density at radius 3 is 2.18 bits per heavy atom. The molecule has 0 aliphatic carbocycles. The van der Waals surface area contributed by atoms with Crippen LogP contribution in [0.15, 0.2) is 65.8 Å². The monoisotopic (exact) mass is 606 g/mol. The van der Waals surface area contributed by atoms with Gasteiger partial charge in [0.25, 0.3) is 0 Å². The smallest absolute Gasteiger partial charge is 0.326 e. The minimum absolute atomic E-state index is 0.0176. The van der Waals surface area contributed by atoms with E-state index in [-0.39, 0.29) is 37.7 Å². The van der Waals surface area contributed by atoms with Crippen LogP contribution in [0.1, 0.15) is 37.8 Å². The molecule has 0 radical (unpaired) electrons. The molecule has 13 nitrogen and oxygen atoms in total. The molecule has 236 valence electrons. The molecule has 0 saturated carbocycles. The van der Waals surface area contributed by atoms with E-state index in [1.807, 2.05) is 54.6 Å². The van der Waals surface area contributed by atoms with E-state index < -0.39 is 47.9 Å². The Balaban J connectivity index is 1.73. The number of carboxylic acids is 1. The molecule has 13 heteroatoms. The maximum absolute atomic E-state index is 13.5. The van der Waals surface area contributed by atoms with E-state index in [1.54, 1.807) is 20.0 Å². The number of guanidine groups is 1. The highest BCUT2D eigenvalue weighted by Crippen LogP contribution is 2.19. The molecular weight excluding hydrogens is 564 g/mol. The van der Waals surface area contributed by atoms with Gasteiger partial charge < -0.3 is 43.2 Å². The van der Waals surface area contributed by atoms with Gasteiger partial charge in [0.1, 0.15) is 18.1 Å². The number of aromatic nitrogens is 1. The molecular formula is C31H42N8O5. The number of hydrogen-bond donors (Lipinski definition) is 8. The van der Waals surface area contributed by atoms with Gasteiger partial charge in [0.2, 0.25) is 17.7 Å². The maximum Gasteiger partial charge on any atom is 0.326 e. The lowest BCUT2D eigenvalue weighted by Gasteiger charge is -2.27. The number of amides is 3. The number of hydrogen-bond acceptors (Lipinski definition) is 6. The van der Waals surface area contributed by atoms with Crippen LogP contribution in [0.25, 0.3) is 10.9 Å². The Morgan fingerprint density at radius 2 is 1.52 bits per heavy atom. The number of aromatic amines is 1. The van der Waals surface area contributed by atoms with Crippen molar-refractivity contribution in [1.29, 1.82) is 0 Å². The average Bonchev–Trinajstić information content (AvgIpc) is 3.39. The lowest BCUT2D eigenvalue weighted by molar-refractivity contribution is -0.142. The Hall–Kier alpha value is -4.91. The van der Waals surface area contributed by atoms with Crippen LogP contribution < -0.4 is 33.2 Å². The van der Waals surface area contributed by atoms with Gasteiger partial charge in [-0.3, -0.25) is 19.4 Å². The molecule has 3 rings (SSSR count). The van der Waals surface area contributed by atoms with E-state index in [0.717, 1.165) is 22.0 Å². The van der Waals surface area contributed by atoms with Crippen LogP contribution in [0.3, 0.4) is 0 Å². The number of nitrogens with one attached hydrogen (secondary N) is 4. The topological polar surface area (TPSA) is 231 Å². The van der Waals surface area contributed by atoms with Crippen LogP contribution >= 0.6 is 0 Å². The Labute approximate surface area is 256 Å². The fourth-order valence-electron chi connectivity index (χ4n) is 4.78. The number of aliphatic carboxylic acids is 1. The van der Waals surface area contributed by atoms with Gasteiger partial charge in [0, 0.05) is 30.1 Å². The summed E-state index contributed by atoms with van der Waals surface area (Å²) < 4.78 is 0. The molecule has 3 amide bonds. The summed E-state index contributed by atoms with van der Waals surface area (Å²) in [4.78, 5) is 59.0.